The summed E-state index contributed by atoms with van der Waals surface area (Å²) in [6.45, 7) is 13.2. The van der Waals surface area contributed by atoms with Crippen molar-refractivity contribution in [2.75, 3.05) is 0 Å². The summed E-state index contributed by atoms with van der Waals surface area (Å²) in [7, 11) is 0. The van der Waals surface area contributed by atoms with Crippen molar-refractivity contribution in [2.24, 2.45) is 39.7 Å². The number of ketones is 2. The number of hydrogen-bond acceptors (Lipinski definition) is 7. The molecule has 1 saturated heterocycles. The van der Waals surface area contributed by atoms with E-state index in [0.29, 0.717) is 19.3 Å². The molecule has 0 aromatic rings. The van der Waals surface area contributed by atoms with Crippen LogP contribution in [-0.2, 0) is 14.3 Å². The first-order valence-electron chi connectivity index (χ1n) is 13.4. The van der Waals surface area contributed by atoms with Crippen molar-refractivity contribution in [1.29, 1.82) is 0 Å². The van der Waals surface area contributed by atoms with Crippen molar-refractivity contribution in [3.05, 3.63) is 23.8 Å². The van der Waals surface area contributed by atoms with Crippen LogP contribution in [0.1, 0.15) is 74.1 Å². The molecule has 5 N–H and O–H groups in total. The van der Waals surface area contributed by atoms with E-state index in [1.807, 2.05) is 6.92 Å². The monoisotopic (exact) mass is 501 g/mol. The maximum Gasteiger partial charge on any atom is 0.187 e. The van der Waals surface area contributed by atoms with Crippen LogP contribution in [-0.4, -0.2) is 61.9 Å². The fraction of sp³-hybridized carbons (Fsp3) is 0.793. The van der Waals surface area contributed by atoms with Crippen molar-refractivity contribution in [3.63, 3.8) is 0 Å². The van der Waals surface area contributed by atoms with Crippen LogP contribution >= 0.6 is 0 Å². The number of ether oxygens (including phenoxy) is 1. The lowest BCUT2D eigenvalue weighted by molar-refractivity contribution is -0.345. The van der Waals surface area contributed by atoms with Gasteiger partial charge in [0, 0.05) is 28.7 Å². The predicted octanol–water partition coefficient (Wildman–Crippen LogP) is 2.46. The van der Waals surface area contributed by atoms with Gasteiger partial charge in [0.05, 0.1) is 29.3 Å². The van der Waals surface area contributed by atoms with E-state index in [1.165, 1.54) is 12.2 Å². The third-order valence-electron chi connectivity index (χ3n) is 11.3. The van der Waals surface area contributed by atoms with Gasteiger partial charge < -0.3 is 25.8 Å². The highest BCUT2D eigenvalue weighted by Gasteiger charge is 2.83. The number of Topliss-reactive ketones (excluding diaryl/α,β-unsaturated/α-hetero) is 1. The van der Waals surface area contributed by atoms with Crippen molar-refractivity contribution < 1.29 is 29.6 Å². The fourth-order valence-corrected chi connectivity index (χ4v) is 9.28. The van der Waals surface area contributed by atoms with E-state index in [4.69, 9.17) is 10.5 Å². The van der Waals surface area contributed by atoms with Crippen LogP contribution < -0.4 is 5.73 Å². The molecule has 7 heteroatoms. The Balaban J connectivity index is 1.55. The summed E-state index contributed by atoms with van der Waals surface area (Å²) in [6.07, 6.45) is 5.24. The van der Waals surface area contributed by atoms with Crippen LogP contribution in [0.25, 0.3) is 0 Å². The first-order chi connectivity index (χ1) is 16.4. The van der Waals surface area contributed by atoms with Crippen LogP contribution in [0.5, 0.6) is 0 Å². The predicted molar refractivity (Wildman–Crippen MR) is 135 cm³/mol. The van der Waals surface area contributed by atoms with Gasteiger partial charge in [-0.15, -0.1) is 0 Å². The third-order valence-corrected chi connectivity index (χ3v) is 11.3. The highest BCUT2D eigenvalue weighted by atomic mass is 16.6. The Morgan fingerprint density at radius 1 is 1.17 bits per heavy atom. The SMILES string of the molecule is CC(C)(O)/C=C/C(=O)[C@]1(C)O[C@]23CC(=O)[C@@]4(C)[C@@H]5C[C@H](O)C(N)C(C)(C)C5=CC[C@H]4[C@]2(C)C[C@@H](O)C13. The number of carbonyl (C=O) groups is 2. The second-order valence-corrected chi connectivity index (χ2v) is 14.0. The van der Waals surface area contributed by atoms with Gasteiger partial charge in [0.1, 0.15) is 11.4 Å². The molecule has 0 aromatic heterocycles. The molecule has 0 amide bonds. The van der Waals surface area contributed by atoms with Gasteiger partial charge in [-0.05, 0) is 57.9 Å². The molecule has 36 heavy (non-hydrogen) atoms. The van der Waals surface area contributed by atoms with E-state index >= 15 is 0 Å². The average Bonchev–Trinajstić information content (AvgIpc) is 2.92. The van der Waals surface area contributed by atoms with E-state index in [-0.39, 0.29) is 29.8 Å². The number of aliphatic hydroxyl groups is 3. The summed E-state index contributed by atoms with van der Waals surface area (Å²) in [6, 6.07) is -0.392. The van der Waals surface area contributed by atoms with Crippen molar-refractivity contribution in [3.8, 4) is 0 Å². The minimum Gasteiger partial charge on any atom is -0.393 e. The molecule has 1 heterocycles. The summed E-state index contributed by atoms with van der Waals surface area (Å²) in [4.78, 5) is 27.4. The summed E-state index contributed by atoms with van der Waals surface area (Å²) in [5.74, 6) is -0.944. The maximum atomic E-state index is 14.2. The highest BCUT2D eigenvalue weighted by Crippen LogP contribution is 2.76. The van der Waals surface area contributed by atoms with Crippen LogP contribution in [0.15, 0.2) is 23.8 Å². The second kappa shape index (κ2) is 7.38. The Morgan fingerprint density at radius 2 is 1.81 bits per heavy atom. The molecule has 7 nitrogen and oxygen atoms in total. The number of aliphatic hydroxyl groups excluding tert-OH is 2. The summed E-state index contributed by atoms with van der Waals surface area (Å²) in [5.41, 5.74) is 2.61. The first kappa shape index (κ1) is 26.2. The smallest absolute Gasteiger partial charge is 0.187 e. The molecule has 0 aromatic carbocycles. The molecule has 1 spiro atoms. The van der Waals surface area contributed by atoms with E-state index < -0.39 is 57.2 Å². The zero-order valence-electron chi connectivity index (χ0n) is 22.7. The van der Waals surface area contributed by atoms with Gasteiger partial charge in [0.2, 0.25) is 0 Å². The Bertz CT molecular complexity index is 1070. The van der Waals surface area contributed by atoms with Gasteiger partial charge in [-0.2, -0.15) is 0 Å². The van der Waals surface area contributed by atoms with E-state index in [0.717, 1.165) is 5.57 Å². The third kappa shape index (κ3) is 2.98. The van der Waals surface area contributed by atoms with Crippen LogP contribution in [0.3, 0.4) is 0 Å². The molecule has 10 atom stereocenters. The quantitative estimate of drug-likeness (QED) is 0.345. The largest absolute Gasteiger partial charge is 0.393 e. The molecule has 1 aliphatic heterocycles. The normalized spacial score (nSPS) is 51.5. The molecular formula is C29H43NO6. The summed E-state index contributed by atoms with van der Waals surface area (Å²) < 4.78 is 6.57. The lowest BCUT2D eigenvalue weighted by Crippen LogP contribution is -2.78. The lowest BCUT2D eigenvalue weighted by atomic mass is 9.39. The zero-order valence-corrected chi connectivity index (χ0v) is 22.7. The maximum absolute atomic E-state index is 14.2. The van der Waals surface area contributed by atoms with Crippen molar-refractivity contribution >= 4 is 11.6 Å². The molecule has 0 bridgehead atoms. The molecule has 4 aliphatic carbocycles. The average molecular weight is 502 g/mol. The van der Waals surface area contributed by atoms with Gasteiger partial charge in [-0.1, -0.05) is 45.4 Å². The Hall–Kier alpha value is -1.38. The molecule has 0 radical (unpaired) electrons. The number of nitrogens with two attached hydrogens (primary N) is 1. The van der Waals surface area contributed by atoms with Gasteiger partial charge >= 0.3 is 0 Å². The number of carbonyl (C=O) groups excluding carboxylic acids is 2. The molecule has 200 valence electrons. The number of hydrogen-bond donors (Lipinski definition) is 4. The standard InChI is InChI=1S/C29H43NO6/c1-24(2,35)11-10-20(33)28(7)22-18(32)13-26(5)19-9-8-15-16(12-17(31)23(30)25(15,3)4)27(19,6)21(34)14-29(22,26)36-28/h8,10-11,16-19,22-23,31-32,35H,9,12-14,30H2,1-7H3/b11-10+/t16-,17+,18-,19+,22?,23?,26+,27+,28+,29+/m1/s1. The number of allylic oxidation sites excluding steroid dienone is 1. The summed E-state index contributed by atoms with van der Waals surface area (Å²) in [5, 5.41) is 32.3. The molecule has 5 aliphatic rings. The minimum absolute atomic E-state index is 0.0830. The van der Waals surface area contributed by atoms with E-state index in [2.05, 4.69) is 26.8 Å². The van der Waals surface area contributed by atoms with Gasteiger partial charge in [0.25, 0.3) is 0 Å². The summed E-state index contributed by atoms with van der Waals surface area (Å²) >= 11 is 0. The van der Waals surface area contributed by atoms with Gasteiger partial charge in [0.15, 0.2) is 5.78 Å². The second-order valence-electron chi connectivity index (χ2n) is 14.0. The molecule has 3 saturated carbocycles. The zero-order chi connectivity index (χ0) is 26.9. The Kier molecular flexibility index (Phi) is 5.38. The van der Waals surface area contributed by atoms with Crippen LogP contribution in [0.2, 0.25) is 0 Å². The number of fused-ring (bicyclic) bond motifs is 4. The fourth-order valence-electron chi connectivity index (χ4n) is 9.28. The molecular weight excluding hydrogens is 458 g/mol. The molecule has 4 fully saturated rings. The van der Waals surface area contributed by atoms with E-state index in [1.54, 1.807) is 20.8 Å². The lowest BCUT2D eigenvalue weighted by Gasteiger charge is -2.70. The van der Waals surface area contributed by atoms with E-state index in [9.17, 15) is 24.9 Å². The van der Waals surface area contributed by atoms with Crippen molar-refractivity contribution in [2.45, 2.75) is 109 Å². The molecule has 5 rings (SSSR count). The Labute approximate surface area is 214 Å². The first-order valence-corrected chi connectivity index (χ1v) is 13.4. The number of rotatable bonds is 3. The van der Waals surface area contributed by atoms with Gasteiger partial charge in [-0.25, -0.2) is 0 Å². The van der Waals surface area contributed by atoms with Crippen LogP contribution in [0, 0.1) is 34.0 Å². The minimum atomic E-state index is -1.25. The highest BCUT2D eigenvalue weighted by molar-refractivity contribution is 5.99. The molecule has 2 unspecified atom stereocenters. The van der Waals surface area contributed by atoms with Crippen molar-refractivity contribution in [1.82, 2.24) is 0 Å². The Morgan fingerprint density at radius 3 is 2.42 bits per heavy atom. The van der Waals surface area contributed by atoms with Gasteiger partial charge in [-0.3, -0.25) is 9.59 Å². The van der Waals surface area contributed by atoms with Crippen LogP contribution in [0.4, 0.5) is 0 Å². The topological polar surface area (TPSA) is 130 Å².